The van der Waals surface area contributed by atoms with E-state index >= 15 is 0 Å². The van der Waals surface area contributed by atoms with Gasteiger partial charge in [0.1, 0.15) is 0 Å². The zero-order chi connectivity index (χ0) is 11.6. The highest BCUT2D eigenvalue weighted by atomic mass is 32.2. The smallest absolute Gasteiger partial charge is 0.0309 e. The van der Waals surface area contributed by atoms with Crippen molar-refractivity contribution in [2.75, 3.05) is 31.6 Å². The van der Waals surface area contributed by atoms with Crippen LogP contribution < -0.4 is 5.32 Å². The minimum Gasteiger partial charge on any atom is -0.308 e. The molecule has 1 aliphatic heterocycles. The molecule has 1 N–H and O–H groups in total. The third kappa shape index (κ3) is 2.93. The van der Waals surface area contributed by atoms with Crippen LogP contribution in [0.1, 0.15) is 33.1 Å². The van der Waals surface area contributed by atoms with Gasteiger partial charge in [0, 0.05) is 24.7 Å². The highest BCUT2D eigenvalue weighted by Crippen LogP contribution is 2.41. The van der Waals surface area contributed by atoms with Crippen molar-refractivity contribution in [3.63, 3.8) is 0 Å². The van der Waals surface area contributed by atoms with Gasteiger partial charge in [0.2, 0.25) is 0 Å². The van der Waals surface area contributed by atoms with Gasteiger partial charge in [0.25, 0.3) is 0 Å². The number of nitrogens with zero attached hydrogens (tertiary/aromatic N) is 1. The molecule has 2 rings (SSSR count). The lowest BCUT2D eigenvalue weighted by Gasteiger charge is -2.45. The maximum absolute atomic E-state index is 3.78. The summed E-state index contributed by atoms with van der Waals surface area (Å²) in [6.07, 6.45) is 6.43. The zero-order valence-electron chi connectivity index (χ0n) is 11.0. The first-order valence-electron chi connectivity index (χ1n) is 6.64. The van der Waals surface area contributed by atoms with Crippen molar-refractivity contribution in [3.05, 3.63) is 0 Å². The monoisotopic (exact) mass is 242 g/mol. The van der Waals surface area contributed by atoms with Crippen LogP contribution in [0.5, 0.6) is 0 Å². The molecule has 1 saturated heterocycles. The molecule has 94 valence electrons. The predicted molar refractivity (Wildman–Crippen MR) is 73.2 cm³/mol. The summed E-state index contributed by atoms with van der Waals surface area (Å²) < 4.78 is 0. The lowest BCUT2D eigenvalue weighted by atomic mass is 9.91. The fourth-order valence-corrected chi connectivity index (χ4v) is 3.27. The van der Waals surface area contributed by atoms with E-state index in [2.05, 4.69) is 30.3 Å². The largest absolute Gasteiger partial charge is 0.308 e. The molecule has 1 saturated carbocycles. The number of nitrogens with one attached hydrogen (secondary N) is 1. The molecule has 1 heterocycles. The summed E-state index contributed by atoms with van der Waals surface area (Å²) in [6.45, 7) is 8.50. The Morgan fingerprint density at radius 3 is 2.81 bits per heavy atom. The molecule has 0 spiro atoms. The van der Waals surface area contributed by atoms with Crippen molar-refractivity contribution in [2.24, 2.45) is 5.92 Å². The average molecular weight is 242 g/mol. The van der Waals surface area contributed by atoms with Crippen molar-refractivity contribution < 1.29 is 0 Å². The van der Waals surface area contributed by atoms with Crippen molar-refractivity contribution in [1.29, 1.82) is 0 Å². The van der Waals surface area contributed by atoms with E-state index in [1.807, 2.05) is 11.8 Å². The van der Waals surface area contributed by atoms with Crippen molar-refractivity contribution in [1.82, 2.24) is 10.2 Å². The van der Waals surface area contributed by atoms with E-state index in [-0.39, 0.29) is 0 Å². The molecule has 0 aromatic carbocycles. The molecule has 16 heavy (non-hydrogen) atoms. The van der Waals surface area contributed by atoms with Gasteiger partial charge in [-0.15, -0.1) is 0 Å². The summed E-state index contributed by atoms with van der Waals surface area (Å²) >= 11 is 1.97. The Kier molecular flexibility index (Phi) is 4.20. The van der Waals surface area contributed by atoms with E-state index in [0.29, 0.717) is 11.6 Å². The molecular formula is C13H26N2S. The minimum atomic E-state index is 0.409. The molecule has 0 bridgehead atoms. The van der Waals surface area contributed by atoms with Gasteiger partial charge < -0.3 is 5.32 Å². The van der Waals surface area contributed by atoms with Crippen molar-refractivity contribution >= 4 is 11.8 Å². The van der Waals surface area contributed by atoms with Gasteiger partial charge in [-0.1, -0.05) is 0 Å². The van der Waals surface area contributed by atoms with Crippen LogP contribution in [-0.4, -0.2) is 48.1 Å². The Morgan fingerprint density at radius 2 is 2.19 bits per heavy atom. The summed E-state index contributed by atoms with van der Waals surface area (Å²) in [5, 5.41) is 3.78. The molecule has 2 fully saturated rings. The van der Waals surface area contributed by atoms with Gasteiger partial charge in [-0.25, -0.2) is 0 Å². The second-order valence-electron chi connectivity index (χ2n) is 5.74. The second-order valence-corrected chi connectivity index (χ2v) is 6.72. The van der Waals surface area contributed by atoms with E-state index in [9.17, 15) is 0 Å². The van der Waals surface area contributed by atoms with Crippen LogP contribution in [0.15, 0.2) is 0 Å². The molecule has 1 aliphatic carbocycles. The topological polar surface area (TPSA) is 15.3 Å². The van der Waals surface area contributed by atoms with Gasteiger partial charge >= 0.3 is 0 Å². The third-order valence-electron chi connectivity index (χ3n) is 4.23. The first-order chi connectivity index (χ1) is 7.65. The Hall–Kier alpha value is 0.270. The summed E-state index contributed by atoms with van der Waals surface area (Å²) in [7, 11) is 0. The zero-order valence-corrected chi connectivity index (χ0v) is 11.8. The normalized spacial score (nSPS) is 36.6. The summed E-state index contributed by atoms with van der Waals surface area (Å²) in [5.41, 5.74) is 0.409. The lowest BCUT2D eigenvalue weighted by molar-refractivity contribution is 0.0838. The number of rotatable bonds is 5. The Balaban J connectivity index is 1.84. The third-order valence-corrected chi connectivity index (χ3v) is 4.93. The maximum atomic E-state index is 3.78. The lowest BCUT2D eigenvalue weighted by Crippen LogP contribution is -2.63. The number of thioether (sulfide) groups is 1. The molecular weight excluding hydrogens is 216 g/mol. The van der Waals surface area contributed by atoms with E-state index in [4.69, 9.17) is 0 Å². The SMILES string of the molecule is CSCCCN1CC(C)(C2CC2)NCC1C. The molecule has 0 aromatic heterocycles. The van der Waals surface area contributed by atoms with Crippen LogP contribution in [0.2, 0.25) is 0 Å². The first-order valence-corrected chi connectivity index (χ1v) is 8.03. The number of hydrogen-bond acceptors (Lipinski definition) is 3. The number of hydrogen-bond donors (Lipinski definition) is 1. The van der Waals surface area contributed by atoms with E-state index in [1.54, 1.807) is 0 Å². The van der Waals surface area contributed by atoms with Crippen molar-refractivity contribution in [2.45, 2.75) is 44.7 Å². The fourth-order valence-electron chi connectivity index (χ4n) is 2.85. The summed E-state index contributed by atoms with van der Waals surface area (Å²) in [5.74, 6) is 2.25. The summed E-state index contributed by atoms with van der Waals surface area (Å²) in [4.78, 5) is 2.70. The van der Waals surface area contributed by atoms with Gasteiger partial charge in [-0.3, -0.25) is 4.90 Å². The standard InChI is InChI=1S/C13H26N2S/c1-11-9-14-13(2,12-5-6-12)10-15(11)7-4-8-16-3/h11-12,14H,4-10H2,1-3H3. The van der Waals surface area contributed by atoms with E-state index in [0.717, 1.165) is 5.92 Å². The van der Waals surface area contributed by atoms with Crippen LogP contribution in [-0.2, 0) is 0 Å². The average Bonchev–Trinajstić information content (AvgIpc) is 3.08. The molecule has 2 unspecified atom stereocenters. The van der Waals surface area contributed by atoms with Gasteiger partial charge in [0.15, 0.2) is 0 Å². The molecule has 0 amide bonds. The van der Waals surface area contributed by atoms with E-state index in [1.165, 1.54) is 44.6 Å². The highest BCUT2D eigenvalue weighted by Gasteiger charge is 2.44. The van der Waals surface area contributed by atoms with Crippen LogP contribution >= 0.6 is 11.8 Å². The fraction of sp³-hybridized carbons (Fsp3) is 1.00. The van der Waals surface area contributed by atoms with Crippen LogP contribution in [0.3, 0.4) is 0 Å². The van der Waals surface area contributed by atoms with Gasteiger partial charge in [-0.05, 0) is 57.6 Å². The van der Waals surface area contributed by atoms with Crippen LogP contribution in [0.4, 0.5) is 0 Å². The minimum absolute atomic E-state index is 0.409. The van der Waals surface area contributed by atoms with Crippen LogP contribution in [0, 0.1) is 5.92 Å². The highest BCUT2D eigenvalue weighted by molar-refractivity contribution is 7.98. The van der Waals surface area contributed by atoms with Gasteiger partial charge in [0.05, 0.1) is 0 Å². The molecule has 2 nitrogen and oxygen atoms in total. The second kappa shape index (κ2) is 5.28. The summed E-state index contributed by atoms with van der Waals surface area (Å²) in [6, 6.07) is 0.716. The number of piperazine rings is 1. The van der Waals surface area contributed by atoms with Crippen LogP contribution in [0.25, 0.3) is 0 Å². The van der Waals surface area contributed by atoms with Gasteiger partial charge in [-0.2, -0.15) is 11.8 Å². The molecule has 2 atom stereocenters. The van der Waals surface area contributed by atoms with E-state index < -0.39 is 0 Å². The Morgan fingerprint density at radius 1 is 1.44 bits per heavy atom. The first kappa shape index (κ1) is 12.7. The predicted octanol–water partition coefficient (Wildman–Crippen LogP) is 2.20. The Bertz CT molecular complexity index is 230. The van der Waals surface area contributed by atoms with Crippen molar-refractivity contribution in [3.8, 4) is 0 Å². The Labute approximate surface area is 105 Å². The molecule has 0 radical (unpaired) electrons. The quantitative estimate of drug-likeness (QED) is 0.744. The molecule has 3 heteroatoms. The maximum Gasteiger partial charge on any atom is 0.0309 e. The molecule has 2 aliphatic rings. The molecule has 0 aromatic rings.